The molecule has 124 valence electrons. The summed E-state index contributed by atoms with van der Waals surface area (Å²) in [5.41, 5.74) is 1.41. The van der Waals surface area contributed by atoms with Gasteiger partial charge in [0, 0.05) is 24.7 Å². The summed E-state index contributed by atoms with van der Waals surface area (Å²) in [7, 11) is -0.858. The maximum atomic E-state index is 13.0. The number of methoxy groups -OCH3 is 1. The van der Waals surface area contributed by atoms with E-state index in [0.717, 1.165) is 15.3 Å². The molecule has 3 rings (SSSR count). The Hall–Kier alpha value is -2.67. The van der Waals surface area contributed by atoms with E-state index in [1.54, 1.807) is 36.5 Å². The minimum atomic E-state index is -3.80. The van der Waals surface area contributed by atoms with Crippen LogP contribution < -0.4 is 9.04 Å². The van der Waals surface area contributed by atoms with Crippen molar-refractivity contribution in [1.82, 2.24) is 9.97 Å². The zero-order valence-electron chi connectivity index (χ0n) is 13.6. The van der Waals surface area contributed by atoms with Crippen molar-refractivity contribution < 1.29 is 13.2 Å². The van der Waals surface area contributed by atoms with Crippen LogP contribution in [0.4, 0.5) is 5.82 Å². The fourth-order valence-electron chi connectivity index (χ4n) is 2.41. The predicted molar refractivity (Wildman–Crippen MR) is 92.9 cm³/mol. The van der Waals surface area contributed by atoms with E-state index in [1.165, 1.54) is 14.2 Å². The van der Waals surface area contributed by atoms with Crippen molar-refractivity contribution in [2.75, 3.05) is 18.5 Å². The molecule has 0 bridgehead atoms. The molecule has 0 N–H and O–H groups in total. The molecule has 0 radical (unpaired) electrons. The molecule has 0 fully saturated rings. The lowest BCUT2D eigenvalue weighted by Gasteiger charge is -2.19. The van der Waals surface area contributed by atoms with Crippen molar-refractivity contribution in [3.05, 3.63) is 54.2 Å². The number of rotatable bonds is 4. The Morgan fingerprint density at radius 1 is 1.12 bits per heavy atom. The van der Waals surface area contributed by atoms with E-state index in [1.807, 2.05) is 19.1 Å². The lowest BCUT2D eigenvalue weighted by Crippen LogP contribution is -2.27. The quantitative estimate of drug-likeness (QED) is 0.728. The first-order chi connectivity index (χ1) is 11.4. The van der Waals surface area contributed by atoms with E-state index in [4.69, 9.17) is 4.74 Å². The average Bonchev–Trinajstić information content (AvgIpc) is 2.60. The van der Waals surface area contributed by atoms with Crippen LogP contribution in [0.15, 0.2) is 53.6 Å². The van der Waals surface area contributed by atoms with Gasteiger partial charge in [0.25, 0.3) is 10.0 Å². The van der Waals surface area contributed by atoms with Crippen molar-refractivity contribution in [1.29, 1.82) is 0 Å². The molecule has 6 nitrogen and oxygen atoms in total. The molecule has 24 heavy (non-hydrogen) atoms. The van der Waals surface area contributed by atoms with Crippen LogP contribution in [-0.2, 0) is 10.0 Å². The van der Waals surface area contributed by atoms with E-state index < -0.39 is 10.0 Å². The normalized spacial score (nSPS) is 11.5. The van der Waals surface area contributed by atoms with Gasteiger partial charge in [-0.1, -0.05) is 18.2 Å². The SMILES string of the molecule is COc1cccc(N(C)S(=O)(=O)c2cccc3cc(C)cnc23)n1. The van der Waals surface area contributed by atoms with Crippen LogP contribution in [0.25, 0.3) is 10.9 Å². The number of pyridine rings is 2. The van der Waals surface area contributed by atoms with Gasteiger partial charge in [-0.15, -0.1) is 0 Å². The van der Waals surface area contributed by atoms with E-state index in [2.05, 4.69) is 9.97 Å². The number of fused-ring (bicyclic) bond motifs is 1. The third-order valence-corrected chi connectivity index (χ3v) is 5.48. The van der Waals surface area contributed by atoms with Crippen LogP contribution in [0.5, 0.6) is 5.88 Å². The molecule has 0 aliphatic heterocycles. The van der Waals surface area contributed by atoms with Crippen molar-refractivity contribution in [3.8, 4) is 5.88 Å². The van der Waals surface area contributed by atoms with Crippen molar-refractivity contribution in [3.63, 3.8) is 0 Å². The van der Waals surface area contributed by atoms with Gasteiger partial charge in [0.15, 0.2) is 0 Å². The highest BCUT2D eigenvalue weighted by Gasteiger charge is 2.25. The Labute approximate surface area is 140 Å². The van der Waals surface area contributed by atoms with Gasteiger partial charge in [-0.2, -0.15) is 4.98 Å². The molecule has 0 amide bonds. The van der Waals surface area contributed by atoms with Crippen LogP contribution in [0.1, 0.15) is 5.56 Å². The predicted octanol–water partition coefficient (Wildman–Crippen LogP) is 2.77. The standard InChI is InChI=1S/C17H17N3O3S/c1-12-10-13-6-4-7-14(17(13)18-11-12)24(21,22)20(2)15-8-5-9-16(19-15)23-3/h4-11H,1-3H3. The first-order valence-corrected chi connectivity index (χ1v) is 8.73. The lowest BCUT2D eigenvalue weighted by atomic mass is 10.2. The van der Waals surface area contributed by atoms with Gasteiger partial charge in [0.1, 0.15) is 10.7 Å². The van der Waals surface area contributed by atoms with Gasteiger partial charge in [0.2, 0.25) is 5.88 Å². The number of nitrogens with zero attached hydrogens (tertiary/aromatic N) is 3. The van der Waals surface area contributed by atoms with E-state index in [9.17, 15) is 8.42 Å². The fraction of sp³-hybridized carbons (Fsp3) is 0.176. The summed E-state index contributed by atoms with van der Waals surface area (Å²) >= 11 is 0. The van der Waals surface area contributed by atoms with E-state index >= 15 is 0 Å². The van der Waals surface area contributed by atoms with Crippen LogP contribution in [0, 0.1) is 6.92 Å². The summed E-state index contributed by atoms with van der Waals surface area (Å²) in [6, 6.07) is 12.0. The second-order valence-electron chi connectivity index (χ2n) is 5.35. The zero-order valence-corrected chi connectivity index (χ0v) is 14.4. The van der Waals surface area contributed by atoms with Gasteiger partial charge in [-0.3, -0.25) is 9.29 Å². The highest BCUT2D eigenvalue weighted by molar-refractivity contribution is 7.93. The van der Waals surface area contributed by atoms with Crippen molar-refractivity contribution in [2.24, 2.45) is 0 Å². The zero-order chi connectivity index (χ0) is 17.3. The van der Waals surface area contributed by atoms with Crippen LogP contribution in [0.2, 0.25) is 0 Å². The third-order valence-electron chi connectivity index (χ3n) is 3.69. The number of benzene rings is 1. The molecule has 3 aromatic rings. The van der Waals surface area contributed by atoms with Gasteiger partial charge in [-0.25, -0.2) is 8.42 Å². The monoisotopic (exact) mass is 343 g/mol. The molecule has 1 aromatic carbocycles. The highest BCUT2D eigenvalue weighted by Crippen LogP contribution is 2.27. The number of hydrogen-bond donors (Lipinski definition) is 0. The summed E-state index contributed by atoms with van der Waals surface area (Å²) < 4.78 is 32.3. The number of hydrogen-bond acceptors (Lipinski definition) is 5. The number of aryl methyl sites for hydroxylation is 1. The van der Waals surface area contributed by atoms with Gasteiger partial charge in [0.05, 0.1) is 12.6 Å². The minimum Gasteiger partial charge on any atom is -0.481 e. The van der Waals surface area contributed by atoms with Crippen LogP contribution in [-0.4, -0.2) is 32.5 Å². The summed E-state index contributed by atoms with van der Waals surface area (Å²) in [6.07, 6.45) is 1.66. The molecule has 0 unspecified atom stereocenters. The first-order valence-electron chi connectivity index (χ1n) is 7.29. The molecule has 0 spiro atoms. The number of anilines is 1. The Kier molecular flexibility index (Phi) is 4.11. The molecule has 0 aliphatic rings. The first kappa shape index (κ1) is 16.2. The maximum Gasteiger partial charge on any atom is 0.267 e. The van der Waals surface area contributed by atoms with Crippen LogP contribution in [0.3, 0.4) is 0 Å². The fourth-order valence-corrected chi connectivity index (χ4v) is 3.72. The molecule has 0 atom stereocenters. The molecule has 2 heterocycles. The lowest BCUT2D eigenvalue weighted by molar-refractivity contribution is 0.398. The third kappa shape index (κ3) is 2.78. The molecular weight excluding hydrogens is 326 g/mol. The Morgan fingerprint density at radius 2 is 1.88 bits per heavy atom. The maximum absolute atomic E-state index is 13.0. The number of para-hydroxylation sites is 1. The summed E-state index contributed by atoms with van der Waals surface area (Å²) in [5, 5.41) is 0.781. The Balaban J connectivity index is 2.13. The topological polar surface area (TPSA) is 72.4 Å². The molecule has 2 aromatic heterocycles. The van der Waals surface area contributed by atoms with Crippen LogP contribution >= 0.6 is 0 Å². The summed E-state index contributed by atoms with van der Waals surface area (Å²) in [6.45, 7) is 1.92. The Morgan fingerprint density at radius 3 is 2.62 bits per heavy atom. The molecule has 0 saturated carbocycles. The smallest absolute Gasteiger partial charge is 0.267 e. The molecular formula is C17H17N3O3S. The number of ether oxygens (including phenoxy) is 1. The second-order valence-corrected chi connectivity index (χ2v) is 7.29. The Bertz CT molecular complexity index is 1000. The van der Waals surface area contributed by atoms with E-state index in [0.29, 0.717) is 11.4 Å². The van der Waals surface area contributed by atoms with Gasteiger partial charge in [-0.05, 0) is 30.7 Å². The van der Waals surface area contributed by atoms with Crippen molar-refractivity contribution >= 4 is 26.7 Å². The minimum absolute atomic E-state index is 0.145. The molecule has 0 saturated heterocycles. The van der Waals surface area contributed by atoms with Gasteiger partial charge < -0.3 is 4.74 Å². The molecule has 0 aliphatic carbocycles. The highest BCUT2D eigenvalue weighted by atomic mass is 32.2. The number of aromatic nitrogens is 2. The summed E-state index contributed by atoms with van der Waals surface area (Å²) in [4.78, 5) is 8.63. The number of sulfonamides is 1. The summed E-state index contributed by atoms with van der Waals surface area (Å²) in [5.74, 6) is 0.625. The van der Waals surface area contributed by atoms with Crippen molar-refractivity contribution in [2.45, 2.75) is 11.8 Å². The van der Waals surface area contributed by atoms with E-state index in [-0.39, 0.29) is 10.7 Å². The van der Waals surface area contributed by atoms with Gasteiger partial charge >= 0.3 is 0 Å². The second kappa shape index (κ2) is 6.09. The molecule has 7 heteroatoms. The largest absolute Gasteiger partial charge is 0.481 e. The average molecular weight is 343 g/mol.